The van der Waals surface area contributed by atoms with Crippen LogP contribution in [0.15, 0.2) is 18.2 Å². The van der Waals surface area contributed by atoms with Crippen LogP contribution in [0.2, 0.25) is 5.02 Å². The average molecular weight is 228 g/mol. The molecule has 3 nitrogen and oxygen atoms in total. The predicted molar refractivity (Wildman–Crippen MR) is 59.0 cm³/mol. The van der Waals surface area contributed by atoms with Crippen LogP contribution in [-0.2, 0) is 6.54 Å². The van der Waals surface area contributed by atoms with Gasteiger partial charge in [-0.2, -0.15) is 0 Å². The molecule has 2 N–H and O–H groups in total. The van der Waals surface area contributed by atoms with E-state index < -0.39 is 0 Å². The molecule has 2 rings (SSSR count). The highest BCUT2D eigenvalue weighted by Crippen LogP contribution is 2.24. The first-order valence-corrected chi connectivity index (χ1v) is 5.41. The lowest BCUT2D eigenvalue weighted by molar-refractivity contribution is 0.174. The highest BCUT2D eigenvalue weighted by atomic mass is 35.5. The summed E-state index contributed by atoms with van der Waals surface area (Å²) in [6, 6.07) is 5.03. The first kappa shape index (κ1) is 10.7. The molecule has 0 saturated carbocycles. The molecule has 1 aromatic carbocycles. The summed E-state index contributed by atoms with van der Waals surface area (Å²) in [5, 5.41) is 19.6. The number of rotatable bonds is 2. The number of nitrogens with zero attached hydrogens (tertiary/aromatic N) is 1. The molecule has 1 saturated heterocycles. The number of benzene rings is 1. The Balaban J connectivity index is 2.07. The van der Waals surface area contributed by atoms with Crippen LogP contribution < -0.4 is 0 Å². The van der Waals surface area contributed by atoms with Crippen LogP contribution in [0.1, 0.15) is 12.0 Å². The van der Waals surface area contributed by atoms with Crippen molar-refractivity contribution in [2.45, 2.75) is 19.1 Å². The third-order valence-electron chi connectivity index (χ3n) is 2.68. The zero-order chi connectivity index (χ0) is 10.8. The first-order valence-electron chi connectivity index (χ1n) is 5.03. The number of hydrogen-bond acceptors (Lipinski definition) is 3. The van der Waals surface area contributed by atoms with E-state index in [1.807, 2.05) is 0 Å². The van der Waals surface area contributed by atoms with E-state index in [0.29, 0.717) is 18.1 Å². The maximum Gasteiger partial charge on any atom is 0.120 e. The van der Waals surface area contributed by atoms with Gasteiger partial charge >= 0.3 is 0 Å². The van der Waals surface area contributed by atoms with Gasteiger partial charge in [-0.1, -0.05) is 11.6 Å². The smallest absolute Gasteiger partial charge is 0.120 e. The molecule has 1 aliphatic rings. The van der Waals surface area contributed by atoms with E-state index in [0.717, 1.165) is 18.5 Å². The van der Waals surface area contributed by atoms with Gasteiger partial charge in [-0.15, -0.1) is 0 Å². The van der Waals surface area contributed by atoms with E-state index in [9.17, 15) is 10.2 Å². The average Bonchev–Trinajstić information content (AvgIpc) is 2.58. The second kappa shape index (κ2) is 4.39. The Hall–Kier alpha value is -0.770. The number of hydrogen-bond donors (Lipinski definition) is 2. The highest BCUT2D eigenvalue weighted by molar-refractivity contribution is 6.30. The standard InChI is InChI=1S/C11H14ClNO2/c12-9-1-2-11(15)8(5-9)6-13-4-3-10(14)7-13/h1-2,5,10,14-15H,3-4,6-7H2/t10-/m0/s1. The lowest BCUT2D eigenvalue weighted by atomic mass is 10.2. The number of β-amino-alcohol motifs (C(OH)–C–C–N with tert-alkyl or cyclic N) is 1. The Labute approximate surface area is 93.9 Å². The Bertz CT molecular complexity index is 356. The Morgan fingerprint density at radius 1 is 1.47 bits per heavy atom. The Morgan fingerprint density at radius 3 is 2.93 bits per heavy atom. The Morgan fingerprint density at radius 2 is 2.27 bits per heavy atom. The van der Waals surface area contributed by atoms with Gasteiger partial charge in [-0.3, -0.25) is 4.90 Å². The van der Waals surface area contributed by atoms with Gasteiger partial charge in [-0.25, -0.2) is 0 Å². The summed E-state index contributed by atoms with van der Waals surface area (Å²) in [4.78, 5) is 2.11. The minimum atomic E-state index is -0.230. The van der Waals surface area contributed by atoms with Crippen LogP contribution in [0.5, 0.6) is 5.75 Å². The fraction of sp³-hybridized carbons (Fsp3) is 0.455. The lowest BCUT2D eigenvalue weighted by Gasteiger charge is -2.15. The SMILES string of the molecule is Oc1ccc(Cl)cc1CN1CC[C@H](O)C1. The minimum absolute atomic E-state index is 0.230. The van der Waals surface area contributed by atoms with E-state index in [-0.39, 0.29) is 11.9 Å². The van der Waals surface area contributed by atoms with Crippen molar-refractivity contribution >= 4 is 11.6 Å². The predicted octanol–water partition coefficient (Wildman–Crippen LogP) is 1.61. The summed E-state index contributed by atoms with van der Waals surface area (Å²) < 4.78 is 0. The first-order chi connectivity index (χ1) is 7.15. The van der Waals surface area contributed by atoms with E-state index in [2.05, 4.69) is 4.90 Å². The molecule has 1 aromatic rings. The molecule has 0 bridgehead atoms. The second-order valence-corrected chi connectivity index (χ2v) is 4.39. The zero-order valence-electron chi connectivity index (χ0n) is 8.36. The molecule has 1 fully saturated rings. The molecule has 0 aromatic heterocycles. The summed E-state index contributed by atoms with van der Waals surface area (Å²) in [5.41, 5.74) is 0.816. The van der Waals surface area contributed by atoms with E-state index in [1.165, 1.54) is 0 Å². The molecule has 1 aliphatic heterocycles. The van der Waals surface area contributed by atoms with Crippen molar-refractivity contribution in [1.29, 1.82) is 0 Å². The largest absolute Gasteiger partial charge is 0.508 e. The van der Waals surface area contributed by atoms with E-state index in [1.54, 1.807) is 18.2 Å². The second-order valence-electron chi connectivity index (χ2n) is 3.95. The fourth-order valence-corrected chi connectivity index (χ4v) is 2.07. The molecular formula is C11H14ClNO2. The van der Waals surface area contributed by atoms with Crippen LogP contribution in [-0.4, -0.2) is 34.3 Å². The third-order valence-corrected chi connectivity index (χ3v) is 2.92. The van der Waals surface area contributed by atoms with Gasteiger partial charge in [-0.05, 0) is 24.6 Å². The van der Waals surface area contributed by atoms with Crippen molar-refractivity contribution in [1.82, 2.24) is 4.90 Å². The van der Waals surface area contributed by atoms with Crippen LogP contribution in [0.25, 0.3) is 0 Å². The molecule has 1 heterocycles. The number of phenolic OH excluding ortho intramolecular Hbond substituents is 1. The lowest BCUT2D eigenvalue weighted by Crippen LogP contribution is -2.21. The number of phenols is 1. The molecule has 0 aliphatic carbocycles. The van der Waals surface area contributed by atoms with Gasteiger partial charge in [0.2, 0.25) is 0 Å². The van der Waals surface area contributed by atoms with Crippen molar-refractivity contribution in [2.75, 3.05) is 13.1 Å². The van der Waals surface area contributed by atoms with Gasteiger partial charge in [0.05, 0.1) is 6.10 Å². The van der Waals surface area contributed by atoms with Crippen molar-refractivity contribution in [2.24, 2.45) is 0 Å². The summed E-state index contributed by atoms with van der Waals surface area (Å²) in [6.45, 7) is 2.18. The molecule has 0 spiro atoms. The fourth-order valence-electron chi connectivity index (χ4n) is 1.88. The molecule has 0 radical (unpaired) electrons. The number of likely N-dealkylation sites (tertiary alicyclic amines) is 1. The van der Waals surface area contributed by atoms with Crippen molar-refractivity contribution < 1.29 is 10.2 Å². The normalized spacial score (nSPS) is 22.1. The molecule has 82 valence electrons. The number of halogens is 1. The molecule has 0 unspecified atom stereocenters. The minimum Gasteiger partial charge on any atom is -0.508 e. The highest BCUT2D eigenvalue weighted by Gasteiger charge is 2.20. The van der Waals surface area contributed by atoms with Gasteiger partial charge in [0.25, 0.3) is 0 Å². The number of aliphatic hydroxyl groups is 1. The maximum absolute atomic E-state index is 9.61. The van der Waals surface area contributed by atoms with Crippen LogP contribution in [0, 0.1) is 0 Å². The van der Waals surface area contributed by atoms with E-state index in [4.69, 9.17) is 11.6 Å². The van der Waals surface area contributed by atoms with Gasteiger partial charge in [0, 0.05) is 30.2 Å². The van der Waals surface area contributed by atoms with Crippen molar-refractivity contribution in [3.05, 3.63) is 28.8 Å². The Kier molecular flexibility index (Phi) is 3.14. The zero-order valence-corrected chi connectivity index (χ0v) is 9.11. The molecular weight excluding hydrogens is 214 g/mol. The summed E-state index contributed by atoms with van der Waals surface area (Å²) >= 11 is 5.85. The van der Waals surface area contributed by atoms with E-state index >= 15 is 0 Å². The molecule has 15 heavy (non-hydrogen) atoms. The third kappa shape index (κ3) is 2.62. The number of aliphatic hydroxyl groups excluding tert-OH is 1. The van der Waals surface area contributed by atoms with Gasteiger partial charge in [0.15, 0.2) is 0 Å². The van der Waals surface area contributed by atoms with Gasteiger partial charge in [0.1, 0.15) is 5.75 Å². The monoisotopic (exact) mass is 227 g/mol. The summed E-state index contributed by atoms with van der Waals surface area (Å²) in [5.74, 6) is 0.265. The molecule has 1 atom stereocenters. The molecule has 4 heteroatoms. The molecule has 0 amide bonds. The quantitative estimate of drug-likeness (QED) is 0.807. The van der Waals surface area contributed by atoms with Crippen LogP contribution in [0.3, 0.4) is 0 Å². The van der Waals surface area contributed by atoms with Crippen molar-refractivity contribution in [3.63, 3.8) is 0 Å². The van der Waals surface area contributed by atoms with Gasteiger partial charge < -0.3 is 10.2 Å². The number of aromatic hydroxyl groups is 1. The summed E-state index contributed by atoms with van der Waals surface area (Å²) in [7, 11) is 0. The van der Waals surface area contributed by atoms with Crippen LogP contribution >= 0.6 is 11.6 Å². The maximum atomic E-state index is 9.61. The summed E-state index contributed by atoms with van der Waals surface area (Å²) in [6.07, 6.45) is 0.577. The van der Waals surface area contributed by atoms with Crippen LogP contribution in [0.4, 0.5) is 0 Å². The topological polar surface area (TPSA) is 43.7 Å². The van der Waals surface area contributed by atoms with Crippen molar-refractivity contribution in [3.8, 4) is 5.75 Å².